The molecule has 7 nitrogen and oxygen atoms in total. The fourth-order valence-corrected chi connectivity index (χ4v) is 5.21. The predicted octanol–water partition coefficient (Wildman–Crippen LogP) is 2.53. The smallest absolute Gasteiger partial charge is 0.325 e. The Morgan fingerprint density at radius 3 is 2.83 bits per heavy atom. The monoisotopic (exact) mass is 432 g/mol. The van der Waals surface area contributed by atoms with Crippen molar-refractivity contribution in [2.75, 3.05) is 19.6 Å². The highest BCUT2D eigenvalue weighted by molar-refractivity contribution is 6.30. The van der Waals surface area contributed by atoms with Crippen LogP contribution in [0.15, 0.2) is 24.3 Å². The summed E-state index contributed by atoms with van der Waals surface area (Å²) in [5, 5.41) is 6.20. The van der Waals surface area contributed by atoms with Crippen LogP contribution >= 0.6 is 11.6 Å². The molecule has 3 saturated heterocycles. The second-order valence-electron chi connectivity index (χ2n) is 8.57. The summed E-state index contributed by atoms with van der Waals surface area (Å²) in [6.07, 6.45) is 6.01. The van der Waals surface area contributed by atoms with Crippen LogP contribution in [0.1, 0.15) is 44.1 Å². The molecule has 1 aromatic carbocycles. The van der Waals surface area contributed by atoms with Crippen LogP contribution in [0.4, 0.5) is 4.79 Å². The van der Waals surface area contributed by atoms with E-state index in [1.165, 1.54) is 38.8 Å². The number of fused-ring (bicyclic) bond motifs is 1. The number of amides is 4. The fourth-order valence-electron chi connectivity index (χ4n) is 5.00. The second kappa shape index (κ2) is 9.35. The number of hydrogen-bond acceptors (Lipinski definition) is 4. The number of benzene rings is 1. The zero-order valence-corrected chi connectivity index (χ0v) is 17.9. The SMILES string of the molecule is O=C(CC1NC(=O)N(Cc2cccc(Cl)c2)C1=O)NCC1CCCN2CCCCC12. The van der Waals surface area contributed by atoms with Crippen molar-refractivity contribution < 1.29 is 14.4 Å². The van der Waals surface area contributed by atoms with Crippen molar-refractivity contribution in [2.45, 2.75) is 57.2 Å². The van der Waals surface area contributed by atoms with Crippen LogP contribution < -0.4 is 10.6 Å². The number of piperidine rings is 2. The van der Waals surface area contributed by atoms with Gasteiger partial charge in [-0.25, -0.2) is 4.79 Å². The lowest BCUT2D eigenvalue weighted by atomic mass is 9.83. The Morgan fingerprint density at radius 1 is 1.17 bits per heavy atom. The summed E-state index contributed by atoms with van der Waals surface area (Å²) in [5.74, 6) is -0.0892. The summed E-state index contributed by atoms with van der Waals surface area (Å²) in [5.41, 5.74) is 0.769. The van der Waals surface area contributed by atoms with Gasteiger partial charge in [-0.3, -0.25) is 14.5 Å². The van der Waals surface area contributed by atoms with E-state index in [1.54, 1.807) is 18.2 Å². The lowest BCUT2D eigenvalue weighted by Gasteiger charge is -2.44. The molecule has 3 heterocycles. The molecule has 30 heavy (non-hydrogen) atoms. The Hall–Kier alpha value is -2.12. The molecule has 0 bridgehead atoms. The summed E-state index contributed by atoms with van der Waals surface area (Å²) < 4.78 is 0. The maximum Gasteiger partial charge on any atom is 0.325 e. The van der Waals surface area contributed by atoms with Gasteiger partial charge in [0.1, 0.15) is 6.04 Å². The number of carbonyl (C=O) groups is 3. The first-order valence-corrected chi connectivity index (χ1v) is 11.3. The Labute approximate surface area is 182 Å². The third-order valence-corrected chi connectivity index (χ3v) is 6.75. The van der Waals surface area contributed by atoms with Crippen molar-refractivity contribution in [3.8, 4) is 0 Å². The van der Waals surface area contributed by atoms with Gasteiger partial charge in [0, 0.05) is 17.6 Å². The molecule has 3 atom stereocenters. The highest BCUT2D eigenvalue weighted by Crippen LogP contribution is 2.30. The Balaban J connectivity index is 1.28. The van der Waals surface area contributed by atoms with E-state index in [0.29, 0.717) is 23.5 Å². The maximum absolute atomic E-state index is 12.7. The van der Waals surface area contributed by atoms with E-state index < -0.39 is 12.1 Å². The molecule has 3 aliphatic heterocycles. The highest BCUT2D eigenvalue weighted by Gasteiger charge is 2.39. The molecule has 162 valence electrons. The van der Waals surface area contributed by atoms with Crippen molar-refractivity contribution >= 4 is 29.4 Å². The van der Waals surface area contributed by atoms with Crippen molar-refractivity contribution in [2.24, 2.45) is 5.92 Å². The average Bonchev–Trinajstić information content (AvgIpc) is 2.99. The van der Waals surface area contributed by atoms with E-state index >= 15 is 0 Å². The van der Waals surface area contributed by atoms with E-state index in [4.69, 9.17) is 11.6 Å². The molecular weight excluding hydrogens is 404 g/mol. The third kappa shape index (κ3) is 4.78. The number of nitrogens with zero attached hydrogens (tertiary/aromatic N) is 2. The lowest BCUT2D eigenvalue weighted by Crippen LogP contribution is -2.51. The molecule has 8 heteroatoms. The van der Waals surface area contributed by atoms with Crippen LogP contribution in [0.5, 0.6) is 0 Å². The summed E-state index contributed by atoms with van der Waals surface area (Å²) in [6, 6.07) is 6.33. The van der Waals surface area contributed by atoms with E-state index in [1.807, 2.05) is 6.07 Å². The largest absolute Gasteiger partial charge is 0.356 e. The van der Waals surface area contributed by atoms with Crippen LogP contribution in [0.25, 0.3) is 0 Å². The van der Waals surface area contributed by atoms with Gasteiger partial charge in [-0.2, -0.15) is 0 Å². The van der Waals surface area contributed by atoms with E-state index in [9.17, 15) is 14.4 Å². The quantitative estimate of drug-likeness (QED) is 0.677. The molecule has 4 rings (SSSR count). The number of halogens is 1. The number of nitrogens with one attached hydrogen (secondary N) is 2. The van der Waals surface area contributed by atoms with E-state index in [0.717, 1.165) is 16.9 Å². The molecule has 3 fully saturated rings. The Kier molecular flexibility index (Phi) is 6.58. The zero-order valence-electron chi connectivity index (χ0n) is 17.1. The van der Waals surface area contributed by atoms with Gasteiger partial charge < -0.3 is 15.5 Å². The fraction of sp³-hybridized carbons (Fsp3) is 0.591. The molecule has 4 amide bonds. The minimum absolute atomic E-state index is 0.0300. The Morgan fingerprint density at radius 2 is 2.00 bits per heavy atom. The maximum atomic E-state index is 12.7. The predicted molar refractivity (Wildman–Crippen MR) is 114 cm³/mol. The molecule has 0 aromatic heterocycles. The van der Waals surface area contributed by atoms with E-state index in [-0.39, 0.29) is 24.8 Å². The molecule has 0 aliphatic carbocycles. The minimum Gasteiger partial charge on any atom is -0.356 e. The van der Waals surface area contributed by atoms with Crippen molar-refractivity contribution in [3.05, 3.63) is 34.9 Å². The Bertz CT molecular complexity index is 815. The summed E-state index contributed by atoms with van der Waals surface area (Å²) in [6.45, 7) is 3.12. The lowest BCUT2D eigenvalue weighted by molar-refractivity contribution is -0.131. The number of rotatable bonds is 6. The average molecular weight is 433 g/mol. The van der Waals surface area contributed by atoms with Crippen LogP contribution in [0.3, 0.4) is 0 Å². The normalized spacial score (nSPS) is 27.0. The topological polar surface area (TPSA) is 81.8 Å². The summed E-state index contributed by atoms with van der Waals surface area (Å²) >= 11 is 5.98. The molecule has 3 aliphatic rings. The van der Waals surface area contributed by atoms with Crippen LogP contribution in [0, 0.1) is 5.92 Å². The van der Waals surface area contributed by atoms with Crippen molar-refractivity contribution in [3.63, 3.8) is 0 Å². The van der Waals surface area contributed by atoms with Gasteiger partial charge in [-0.05, 0) is 62.4 Å². The summed E-state index contributed by atoms with van der Waals surface area (Å²) in [4.78, 5) is 41.1. The number of imide groups is 1. The third-order valence-electron chi connectivity index (χ3n) is 6.52. The van der Waals surface area contributed by atoms with Gasteiger partial charge in [0.2, 0.25) is 5.91 Å². The van der Waals surface area contributed by atoms with Gasteiger partial charge in [0.05, 0.1) is 13.0 Å². The standard InChI is InChI=1S/C22H29ClN4O3/c23-17-7-3-5-15(11-17)14-27-21(29)18(25-22(27)30)12-20(28)24-13-16-6-4-10-26-9-2-1-8-19(16)26/h3,5,7,11,16,18-19H,1-2,4,6,8-10,12-14H2,(H,24,28)(H,25,30). The zero-order chi connectivity index (χ0) is 21.1. The molecule has 0 radical (unpaired) electrons. The molecule has 0 saturated carbocycles. The molecule has 2 N–H and O–H groups in total. The van der Waals surface area contributed by atoms with Crippen LogP contribution in [0.2, 0.25) is 5.02 Å². The molecule has 0 spiro atoms. The van der Waals surface area contributed by atoms with Gasteiger partial charge in [0.25, 0.3) is 5.91 Å². The number of hydrogen-bond donors (Lipinski definition) is 2. The van der Waals surface area contributed by atoms with Crippen molar-refractivity contribution in [1.29, 1.82) is 0 Å². The summed E-state index contributed by atoms with van der Waals surface area (Å²) in [7, 11) is 0. The number of carbonyl (C=O) groups excluding carboxylic acids is 3. The van der Waals surface area contributed by atoms with Crippen LogP contribution in [-0.2, 0) is 16.1 Å². The van der Waals surface area contributed by atoms with E-state index in [2.05, 4.69) is 15.5 Å². The molecule has 1 aromatic rings. The van der Waals surface area contributed by atoms with Gasteiger partial charge in [0.15, 0.2) is 0 Å². The first-order chi connectivity index (χ1) is 14.5. The van der Waals surface area contributed by atoms with Gasteiger partial charge in [-0.1, -0.05) is 30.2 Å². The number of urea groups is 1. The first-order valence-electron chi connectivity index (χ1n) is 10.9. The van der Waals surface area contributed by atoms with Crippen LogP contribution in [-0.4, -0.2) is 59.4 Å². The molecular formula is C22H29ClN4O3. The van der Waals surface area contributed by atoms with Gasteiger partial charge in [-0.15, -0.1) is 0 Å². The minimum atomic E-state index is -0.811. The van der Waals surface area contributed by atoms with Gasteiger partial charge >= 0.3 is 6.03 Å². The highest BCUT2D eigenvalue weighted by atomic mass is 35.5. The second-order valence-corrected chi connectivity index (χ2v) is 9.00. The van der Waals surface area contributed by atoms with Crippen molar-refractivity contribution in [1.82, 2.24) is 20.4 Å². The molecule has 3 unspecified atom stereocenters. The first kappa shape index (κ1) is 21.1.